The van der Waals surface area contributed by atoms with Gasteiger partial charge in [-0.1, -0.05) is 0 Å². The largest absolute Gasteiger partial charge is 0.870 e. The number of hydrogen-bond donors (Lipinski definition) is 1. The molecule has 0 aliphatic heterocycles. The molecule has 0 radical (unpaired) electrons. The molecule has 5 heteroatoms. The average Bonchev–Trinajstić information content (AvgIpc) is 2.02. The Hall–Kier alpha value is -1.33. The van der Waals surface area contributed by atoms with E-state index < -0.39 is 0 Å². The van der Waals surface area contributed by atoms with Crippen LogP contribution in [-0.2, 0) is 0 Å². The van der Waals surface area contributed by atoms with Crippen LogP contribution < -0.4 is 10.8 Å². The van der Waals surface area contributed by atoms with Gasteiger partial charge in [-0.05, 0) is 0 Å². The topological polar surface area (TPSA) is 89.1 Å². The van der Waals surface area contributed by atoms with Gasteiger partial charge in [0, 0.05) is 0 Å². The van der Waals surface area contributed by atoms with Crippen molar-refractivity contribution in [2.75, 3.05) is 0 Å². The van der Waals surface area contributed by atoms with Crippen LogP contribution in [0.5, 0.6) is 0 Å². The van der Waals surface area contributed by atoms with Gasteiger partial charge in [-0.15, -0.1) is 0 Å². The van der Waals surface area contributed by atoms with Gasteiger partial charge in [0.15, 0.2) is 0 Å². The van der Waals surface area contributed by atoms with Crippen LogP contribution in [0.1, 0.15) is 31.1 Å². The van der Waals surface area contributed by atoms with E-state index in [0.29, 0.717) is 11.0 Å². The second-order valence-corrected chi connectivity index (χ2v) is 4.33. The van der Waals surface area contributed by atoms with Crippen LogP contribution in [0.2, 0.25) is 0 Å². The molecule has 0 aliphatic carbocycles. The predicted octanol–water partition coefficient (Wildman–Crippen LogP) is 0.655. The standard InChI is InChI=1S/C11H14BNO.2H2O/c1-11(2,3)13-10(14)8-4-6-9(12)7-5-8;;/h4-7H,1-3H3,(H,13,14);2*1H2/q+2;;/p-2. The summed E-state index contributed by atoms with van der Waals surface area (Å²) in [6.45, 7) is 5.84. The molecule has 0 aliphatic rings. The first-order valence-electron chi connectivity index (χ1n) is 4.56. The number of carbonyl (C=O) groups is 1. The first-order chi connectivity index (χ1) is 6.38. The Morgan fingerprint density at radius 2 is 1.56 bits per heavy atom. The van der Waals surface area contributed by atoms with Gasteiger partial charge in [0.2, 0.25) is 0 Å². The minimum absolute atomic E-state index is 0. The van der Waals surface area contributed by atoms with Crippen molar-refractivity contribution in [2.24, 2.45) is 0 Å². The Bertz CT molecular complexity index is 330. The molecule has 1 aromatic rings. The quantitative estimate of drug-likeness (QED) is 0.706. The maximum atomic E-state index is 11.6. The smallest absolute Gasteiger partial charge is 0.870 e. The molecule has 0 saturated heterocycles. The van der Waals surface area contributed by atoms with E-state index in [1.54, 1.807) is 24.3 Å². The van der Waals surface area contributed by atoms with Crippen LogP contribution in [0.15, 0.2) is 24.3 Å². The van der Waals surface area contributed by atoms with Gasteiger partial charge in [-0.3, -0.25) is 0 Å². The van der Waals surface area contributed by atoms with Gasteiger partial charge in [-0.2, -0.15) is 0 Å². The fourth-order valence-corrected chi connectivity index (χ4v) is 1.05. The third-order valence-corrected chi connectivity index (χ3v) is 1.66. The third kappa shape index (κ3) is 5.53. The maximum Gasteiger partial charge on any atom is -0.870 e. The molecule has 0 bridgehead atoms. The zero-order chi connectivity index (χ0) is 10.8. The molecular weight excluding hydrogens is 205 g/mol. The number of hydrogen-bond acceptors (Lipinski definition) is 3. The molecule has 0 heterocycles. The summed E-state index contributed by atoms with van der Waals surface area (Å²) in [5.74, 6) is -0.0718. The Kier molecular flexibility index (Phi) is 6.73. The maximum absolute atomic E-state index is 11.6. The van der Waals surface area contributed by atoms with E-state index >= 15 is 0 Å². The summed E-state index contributed by atoms with van der Waals surface area (Å²) in [5.41, 5.74) is 1.09. The molecular formula is C11H16BNO3. The normalized spacial score (nSPS) is 9.81. The van der Waals surface area contributed by atoms with E-state index in [9.17, 15) is 4.79 Å². The number of amides is 1. The Morgan fingerprint density at radius 1 is 1.12 bits per heavy atom. The number of carbonyl (C=O) groups excluding carboxylic acids is 1. The minimum atomic E-state index is -0.210. The zero-order valence-corrected chi connectivity index (χ0v) is 9.69. The zero-order valence-electron chi connectivity index (χ0n) is 9.69. The van der Waals surface area contributed by atoms with Gasteiger partial charge in [0.05, 0.1) is 0 Å². The van der Waals surface area contributed by atoms with Gasteiger partial charge in [-0.25, -0.2) is 0 Å². The molecule has 0 atom stereocenters. The fraction of sp³-hybridized carbons (Fsp3) is 0.364. The molecule has 0 saturated carbocycles. The molecule has 86 valence electrons. The fourth-order valence-electron chi connectivity index (χ4n) is 1.05. The van der Waals surface area contributed by atoms with Crippen LogP contribution in [0.4, 0.5) is 0 Å². The van der Waals surface area contributed by atoms with Gasteiger partial charge in [0.1, 0.15) is 0 Å². The second-order valence-electron chi connectivity index (χ2n) is 4.33. The van der Waals surface area contributed by atoms with Crippen LogP contribution >= 0.6 is 0 Å². The van der Waals surface area contributed by atoms with E-state index in [-0.39, 0.29) is 22.4 Å². The first-order valence-corrected chi connectivity index (χ1v) is 4.56. The summed E-state index contributed by atoms with van der Waals surface area (Å²) in [7, 11) is 5.52. The molecule has 4 nitrogen and oxygen atoms in total. The molecule has 1 rings (SSSR count). The summed E-state index contributed by atoms with van der Waals surface area (Å²) in [4.78, 5) is 11.6. The summed E-state index contributed by atoms with van der Waals surface area (Å²) in [6, 6.07) is 6.88. The summed E-state index contributed by atoms with van der Waals surface area (Å²) in [6.07, 6.45) is 0. The van der Waals surface area contributed by atoms with Crippen molar-refractivity contribution in [3.8, 4) is 0 Å². The van der Waals surface area contributed by atoms with Crippen LogP contribution in [0, 0.1) is 0 Å². The van der Waals surface area contributed by atoms with Crippen molar-refractivity contribution < 1.29 is 15.7 Å². The first kappa shape index (κ1) is 17.1. The Balaban J connectivity index is 0. The number of rotatable bonds is 1. The van der Waals surface area contributed by atoms with E-state index in [4.69, 9.17) is 7.85 Å². The summed E-state index contributed by atoms with van der Waals surface area (Å²) in [5, 5.41) is 2.88. The second kappa shape index (κ2) is 6.30. The molecule has 0 fully saturated rings. The van der Waals surface area contributed by atoms with Crippen LogP contribution in [-0.4, -0.2) is 30.2 Å². The molecule has 0 unspecified atom stereocenters. The predicted molar refractivity (Wildman–Crippen MR) is 62.9 cm³/mol. The van der Waals surface area contributed by atoms with Crippen molar-refractivity contribution in [1.82, 2.24) is 5.32 Å². The van der Waals surface area contributed by atoms with Crippen molar-refractivity contribution in [3.63, 3.8) is 0 Å². The van der Waals surface area contributed by atoms with Gasteiger partial charge >= 0.3 is 85.5 Å². The molecule has 1 amide bonds. The van der Waals surface area contributed by atoms with E-state index in [1.165, 1.54) is 0 Å². The van der Waals surface area contributed by atoms with Crippen LogP contribution in [0.25, 0.3) is 0 Å². The summed E-state index contributed by atoms with van der Waals surface area (Å²) < 4.78 is 0. The number of nitrogens with one attached hydrogen (secondary N) is 1. The van der Waals surface area contributed by atoms with Gasteiger partial charge < -0.3 is 11.0 Å². The van der Waals surface area contributed by atoms with E-state index in [2.05, 4.69) is 5.32 Å². The molecule has 3 N–H and O–H groups in total. The Morgan fingerprint density at radius 3 is 1.94 bits per heavy atom. The molecule has 1 aromatic carbocycles. The van der Waals surface area contributed by atoms with Crippen LogP contribution in [0.3, 0.4) is 0 Å². The minimum Gasteiger partial charge on any atom is -0.870 e. The van der Waals surface area contributed by atoms with Crippen molar-refractivity contribution in [2.45, 2.75) is 26.3 Å². The molecule has 16 heavy (non-hydrogen) atoms. The number of benzene rings is 1. The SMILES string of the molecule is [B+2]c1ccc(C(=O)NC(C)(C)C)cc1.[OH-].[OH-]. The monoisotopic (exact) mass is 221 g/mol. The van der Waals surface area contributed by atoms with Crippen molar-refractivity contribution in [1.29, 1.82) is 0 Å². The van der Waals surface area contributed by atoms with E-state index in [0.717, 1.165) is 0 Å². The third-order valence-electron chi connectivity index (χ3n) is 1.66. The summed E-state index contributed by atoms with van der Waals surface area (Å²) >= 11 is 0. The Labute approximate surface area is 97.1 Å². The molecule has 0 spiro atoms. The van der Waals surface area contributed by atoms with E-state index in [1.807, 2.05) is 20.8 Å². The van der Waals surface area contributed by atoms with Crippen molar-refractivity contribution >= 4 is 19.2 Å². The average molecular weight is 221 g/mol. The van der Waals surface area contributed by atoms with Crippen molar-refractivity contribution in [3.05, 3.63) is 29.8 Å². The molecule has 0 aromatic heterocycles. The van der Waals surface area contributed by atoms with Gasteiger partial charge in [0.25, 0.3) is 0 Å².